The average Bonchev–Trinajstić information content (AvgIpc) is 3.69. The third-order valence-electron chi connectivity index (χ3n) is 7.35. The summed E-state index contributed by atoms with van der Waals surface area (Å²) >= 11 is 0. The van der Waals surface area contributed by atoms with Crippen molar-refractivity contribution in [3.05, 3.63) is 90.0 Å². The molecule has 2 amide bonds. The molecule has 4 N–H and O–H groups in total. The van der Waals surface area contributed by atoms with E-state index in [1.54, 1.807) is 28.0 Å². The van der Waals surface area contributed by atoms with E-state index in [2.05, 4.69) is 44.6 Å². The van der Waals surface area contributed by atoms with Crippen LogP contribution in [0.15, 0.2) is 73.3 Å². The Bertz CT molecular complexity index is 1720. The number of rotatable bonds is 5. The lowest BCUT2D eigenvalue weighted by molar-refractivity contribution is 0.0783. The summed E-state index contributed by atoms with van der Waals surface area (Å²) in [5.41, 5.74) is 12.9. The molecule has 0 unspecified atom stereocenters. The minimum absolute atomic E-state index is 0.0396. The highest BCUT2D eigenvalue weighted by Crippen LogP contribution is 2.28. The number of aromatic amines is 1. The fraction of sp³-hybridized carbons (Fsp3) is 0.200. The lowest BCUT2D eigenvalue weighted by Crippen LogP contribution is -2.38. The van der Waals surface area contributed by atoms with Gasteiger partial charge in [-0.3, -0.25) is 14.3 Å². The van der Waals surface area contributed by atoms with Gasteiger partial charge in [-0.25, -0.2) is 4.98 Å². The molecule has 5 aromatic rings. The van der Waals surface area contributed by atoms with Crippen LogP contribution in [0.5, 0.6) is 0 Å². The number of amides is 2. The fourth-order valence-electron chi connectivity index (χ4n) is 5.24. The zero-order valence-electron chi connectivity index (χ0n) is 21.8. The van der Waals surface area contributed by atoms with E-state index in [-0.39, 0.29) is 23.7 Å². The summed E-state index contributed by atoms with van der Waals surface area (Å²) in [5.74, 6) is -0.177. The van der Waals surface area contributed by atoms with Gasteiger partial charge in [-0.1, -0.05) is 12.1 Å². The second-order valence-corrected chi connectivity index (χ2v) is 10.1. The number of benzene rings is 2. The van der Waals surface area contributed by atoms with Crippen LogP contribution in [0, 0.1) is 6.92 Å². The Balaban J connectivity index is 1.13. The molecule has 1 aliphatic heterocycles. The van der Waals surface area contributed by atoms with Crippen LogP contribution in [-0.4, -0.2) is 55.6 Å². The third kappa shape index (κ3) is 4.74. The van der Waals surface area contributed by atoms with E-state index in [9.17, 15) is 9.59 Å². The second kappa shape index (κ2) is 9.75. The van der Waals surface area contributed by atoms with Crippen molar-refractivity contribution in [1.29, 1.82) is 0 Å². The molecule has 0 saturated carbocycles. The molecule has 2 aromatic carbocycles. The smallest absolute Gasteiger partial charge is 0.255 e. The van der Waals surface area contributed by atoms with Crippen LogP contribution >= 0.6 is 0 Å². The first-order valence-corrected chi connectivity index (χ1v) is 12.9. The fourth-order valence-corrected chi connectivity index (χ4v) is 5.24. The van der Waals surface area contributed by atoms with Gasteiger partial charge in [0.1, 0.15) is 5.82 Å². The van der Waals surface area contributed by atoms with Crippen molar-refractivity contribution in [2.75, 3.05) is 18.8 Å². The Morgan fingerprint density at radius 2 is 1.92 bits per heavy atom. The maximum atomic E-state index is 13.3. The van der Waals surface area contributed by atoms with Crippen LogP contribution in [0.1, 0.15) is 32.7 Å². The first-order chi connectivity index (χ1) is 18.9. The third-order valence-corrected chi connectivity index (χ3v) is 7.35. The van der Waals surface area contributed by atoms with Crippen LogP contribution < -0.4 is 11.1 Å². The number of likely N-dealkylation sites (tertiary alicyclic amines) is 1. The number of nitrogens with two attached hydrogens (primary N) is 1. The minimum Gasteiger partial charge on any atom is -0.383 e. The van der Waals surface area contributed by atoms with E-state index < -0.39 is 0 Å². The van der Waals surface area contributed by atoms with Crippen LogP contribution in [0.3, 0.4) is 0 Å². The number of anilines is 1. The number of H-pyrrole nitrogens is 1. The molecular formula is C30H29N7O2. The molecule has 0 radical (unpaired) electrons. The first kappa shape index (κ1) is 24.4. The quantitative estimate of drug-likeness (QED) is 0.322. The number of carbonyl (C=O) groups is 2. The van der Waals surface area contributed by atoms with Gasteiger partial charge in [-0.05, 0) is 71.8 Å². The maximum absolute atomic E-state index is 13.3. The number of nitrogens with one attached hydrogen (secondary N) is 2. The molecular weight excluding hydrogens is 490 g/mol. The zero-order valence-corrected chi connectivity index (χ0v) is 21.8. The number of carbonyl (C=O) groups excluding carboxylic acids is 2. The maximum Gasteiger partial charge on any atom is 0.255 e. The van der Waals surface area contributed by atoms with Gasteiger partial charge in [0.25, 0.3) is 11.8 Å². The molecule has 1 fully saturated rings. The van der Waals surface area contributed by atoms with E-state index in [0.717, 1.165) is 38.7 Å². The number of fused-ring (bicyclic) bond motifs is 1. The predicted octanol–water partition coefficient (Wildman–Crippen LogP) is 4.17. The van der Waals surface area contributed by atoms with Gasteiger partial charge in [0.05, 0.1) is 11.8 Å². The summed E-state index contributed by atoms with van der Waals surface area (Å²) in [6, 6.07) is 15.8. The van der Waals surface area contributed by atoms with Gasteiger partial charge in [0, 0.05) is 67.0 Å². The van der Waals surface area contributed by atoms with Gasteiger partial charge >= 0.3 is 0 Å². The van der Waals surface area contributed by atoms with Crippen molar-refractivity contribution in [3.8, 4) is 22.3 Å². The largest absolute Gasteiger partial charge is 0.383 e. The number of pyridine rings is 1. The van der Waals surface area contributed by atoms with E-state index in [1.165, 1.54) is 0 Å². The molecule has 0 bridgehead atoms. The van der Waals surface area contributed by atoms with Crippen molar-refractivity contribution < 1.29 is 9.59 Å². The van der Waals surface area contributed by atoms with Gasteiger partial charge in [0.2, 0.25) is 0 Å². The van der Waals surface area contributed by atoms with Crippen LogP contribution in [0.25, 0.3) is 33.2 Å². The number of nitrogens with zero attached hydrogens (tertiary/aromatic N) is 4. The van der Waals surface area contributed by atoms with Crippen molar-refractivity contribution in [2.24, 2.45) is 7.05 Å². The van der Waals surface area contributed by atoms with Gasteiger partial charge in [-0.2, -0.15) is 5.10 Å². The molecule has 9 heteroatoms. The molecule has 0 spiro atoms. The highest BCUT2D eigenvalue weighted by Gasteiger charge is 2.29. The summed E-state index contributed by atoms with van der Waals surface area (Å²) in [6.45, 7) is 3.03. The van der Waals surface area contributed by atoms with E-state index in [1.807, 2.05) is 44.6 Å². The monoisotopic (exact) mass is 519 g/mol. The normalized spacial score (nSPS) is 15.1. The van der Waals surface area contributed by atoms with Crippen LogP contribution in [-0.2, 0) is 7.05 Å². The van der Waals surface area contributed by atoms with Gasteiger partial charge < -0.3 is 20.9 Å². The Morgan fingerprint density at radius 3 is 2.72 bits per heavy atom. The SMILES string of the molecule is Cc1cc(C(=O)N2CC[C@@H](NC(=O)c3cc(-c4cnn(C)c4)cnc3N)C2)ccc1-c1ccc2[nH]ccc2c1. The highest BCUT2D eigenvalue weighted by molar-refractivity contribution is 6.00. The molecule has 1 saturated heterocycles. The standard InChI is InChI=1S/C30H29N7O2/c1-18-11-21(3-5-25(18)19-4-6-27-20(12-19)7-9-32-27)30(39)37-10-8-24(17-37)35-29(38)26-13-22(14-33-28(26)31)23-15-34-36(2)16-23/h3-7,9,11-16,24,32H,8,10,17H2,1-2H3,(H2,31,33)(H,35,38)/t24-/m1/s1. The Hall–Kier alpha value is -4.92. The molecule has 0 aliphatic carbocycles. The van der Waals surface area contributed by atoms with E-state index in [4.69, 9.17) is 5.73 Å². The summed E-state index contributed by atoms with van der Waals surface area (Å²) in [4.78, 5) is 35.6. The Morgan fingerprint density at radius 1 is 1.05 bits per heavy atom. The van der Waals surface area contributed by atoms with Crippen LogP contribution in [0.2, 0.25) is 0 Å². The van der Waals surface area contributed by atoms with E-state index in [0.29, 0.717) is 30.6 Å². The molecule has 9 nitrogen and oxygen atoms in total. The molecule has 196 valence electrons. The van der Waals surface area contributed by atoms with Crippen molar-refractivity contribution in [1.82, 2.24) is 30.0 Å². The topological polar surface area (TPSA) is 122 Å². The number of aromatic nitrogens is 4. The highest BCUT2D eigenvalue weighted by atomic mass is 16.2. The summed E-state index contributed by atoms with van der Waals surface area (Å²) in [7, 11) is 1.83. The molecule has 4 heterocycles. The first-order valence-electron chi connectivity index (χ1n) is 12.9. The van der Waals surface area contributed by atoms with E-state index >= 15 is 0 Å². The number of aryl methyl sites for hydroxylation is 2. The number of nitrogen functional groups attached to an aromatic ring is 1. The van der Waals surface area contributed by atoms with Gasteiger partial charge in [0.15, 0.2) is 0 Å². The Labute approximate surface area is 225 Å². The minimum atomic E-state index is -0.301. The lowest BCUT2D eigenvalue weighted by atomic mass is 9.97. The second-order valence-electron chi connectivity index (χ2n) is 10.1. The number of hydrogen-bond acceptors (Lipinski definition) is 5. The summed E-state index contributed by atoms with van der Waals surface area (Å²) in [5, 5.41) is 8.36. The Kier molecular flexibility index (Phi) is 6.11. The average molecular weight is 520 g/mol. The molecule has 1 atom stereocenters. The molecule has 6 rings (SSSR count). The van der Waals surface area contributed by atoms with Crippen molar-refractivity contribution in [3.63, 3.8) is 0 Å². The van der Waals surface area contributed by atoms with Crippen LogP contribution in [0.4, 0.5) is 5.82 Å². The number of hydrogen-bond donors (Lipinski definition) is 3. The molecule has 1 aliphatic rings. The predicted molar refractivity (Wildman–Crippen MR) is 151 cm³/mol. The van der Waals surface area contributed by atoms with Crippen molar-refractivity contribution >= 4 is 28.5 Å². The summed E-state index contributed by atoms with van der Waals surface area (Å²) in [6.07, 6.45) is 7.79. The zero-order chi connectivity index (χ0) is 27.1. The molecule has 39 heavy (non-hydrogen) atoms. The molecule has 3 aromatic heterocycles. The van der Waals surface area contributed by atoms with Crippen molar-refractivity contribution in [2.45, 2.75) is 19.4 Å². The summed E-state index contributed by atoms with van der Waals surface area (Å²) < 4.78 is 1.69. The van der Waals surface area contributed by atoms with Gasteiger partial charge in [-0.15, -0.1) is 0 Å². The lowest BCUT2D eigenvalue weighted by Gasteiger charge is -2.18.